The molecule has 2 N–H and O–H groups in total. The van der Waals surface area contributed by atoms with E-state index in [4.69, 9.17) is 10.5 Å². The molecule has 92 valence electrons. The normalized spacial score (nSPS) is 26.4. The fraction of sp³-hybridized carbons (Fsp3) is 0.538. The Balaban J connectivity index is 1.94. The maximum Gasteiger partial charge on any atom is 0.124 e. The summed E-state index contributed by atoms with van der Waals surface area (Å²) in [5, 5.41) is 0. The average Bonchev–Trinajstić information content (AvgIpc) is 2.31. The van der Waals surface area contributed by atoms with Gasteiger partial charge in [-0.1, -0.05) is 15.9 Å². The van der Waals surface area contributed by atoms with Gasteiger partial charge in [0.25, 0.3) is 0 Å². The lowest BCUT2D eigenvalue weighted by molar-refractivity contribution is 0.0279. The van der Waals surface area contributed by atoms with Gasteiger partial charge in [0.15, 0.2) is 0 Å². The third kappa shape index (κ3) is 2.23. The number of ether oxygens (including phenoxy) is 1. The number of rotatable bonds is 0. The largest absolute Gasteiger partial charge is 0.487 e. The molecule has 0 aliphatic carbocycles. The van der Waals surface area contributed by atoms with E-state index >= 15 is 0 Å². The van der Waals surface area contributed by atoms with E-state index in [1.807, 2.05) is 23.9 Å². The fourth-order valence-corrected chi connectivity index (χ4v) is 4.35. The molecule has 4 heteroatoms. The number of fused-ring (bicyclic) bond motifs is 1. The van der Waals surface area contributed by atoms with Crippen LogP contribution in [0.2, 0.25) is 0 Å². The molecule has 1 saturated heterocycles. The Morgan fingerprint density at radius 3 is 2.88 bits per heavy atom. The van der Waals surface area contributed by atoms with Crippen LogP contribution in [0, 0.1) is 0 Å². The highest BCUT2D eigenvalue weighted by molar-refractivity contribution is 9.10. The lowest BCUT2D eigenvalue weighted by atomic mass is 9.83. The number of nitrogens with two attached hydrogens (primary N) is 1. The van der Waals surface area contributed by atoms with E-state index in [1.54, 1.807) is 0 Å². The Morgan fingerprint density at radius 1 is 1.35 bits per heavy atom. The van der Waals surface area contributed by atoms with E-state index in [-0.39, 0.29) is 11.6 Å². The molecule has 1 aromatic rings. The predicted molar refractivity (Wildman–Crippen MR) is 75.6 cm³/mol. The third-order valence-electron chi connectivity index (χ3n) is 3.69. The van der Waals surface area contributed by atoms with Crippen LogP contribution < -0.4 is 10.5 Å². The van der Waals surface area contributed by atoms with Crippen molar-refractivity contribution in [3.8, 4) is 5.75 Å². The summed E-state index contributed by atoms with van der Waals surface area (Å²) in [7, 11) is 0. The predicted octanol–water partition coefficient (Wildman–Crippen LogP) is 3.50. The first kappa shape index (κ1) is 11.9. The molecule has 2 nitrogen and oxygen atoms in total. The van der Waals surface area contributed by atoms with Gasteiger partial charge in [0, 0.05) is 22.5 Å². The summed E-state index contributed by atoms with van der Waals surface area (Å²) >= 11 is 5.51. The lowest BCUT2D eigenvalue weighted by Gasteiger charge is -2.43. The van der Waals surface area contributed by atoms with Crippen molar-refractivity contribution >= 4 is 27.7 Å². The van der Waals surface area contributed by atoms with E-state index < -0.39 is 0 Å². The molecule has 1 aromatic carbocycles. The second kappa shape index (κ2) is 4.48. The van der Waals surface area contributed by atoms with Crippen LogP contribution in [0.4, 0.5) is 0 Å². The molecule has 1 atom stereocenters. The van der Waals surface area contributed by atoms with Crippen LogP contribution in [0.1, 0.15) is 30.9 Å². The van der Waals surface area contributed by atoms with Crippen molar-refractivity contribution in [2.75, 3.05) is 11.5 Å². The Bertz CT molecular complexity index is 431. The minimum absolute atomic E-state index is 0.00545. The number of hydrogen-bond donors (Lipinski definition) is 1. The highest BCUT2D eigenvalue weighted by Crippen LogP contribution is 2.45. The molecule has 2 heterocycles. The molecule has 1 spiro atoms. The first-order valence-corrected chi connectivity index (χ1v) is 7.95. The molecular weight excluding hydrogens is 298 g/mol. The van der Waals surface area contributed by atoms with Crippen LogP contribution in [0.3, 0.4) is 0 Å². The summed E-state index contributed by atoms with van der Waals surface area (Å²) in [5.41, 5.74) is 7.46. The highest BCUT2D eigenvalue weighted by atomic mass is 79.9. The number of hydrogen-bond acceptors (Lipinski definition) is 3. The van der Waals surface area contributed by atoms with Crippen molar-refractivity contribution in [3.05, 3.63) is 28.2 Å². The zero-order chi connectivity index (χ0) is 11.9. The van der Waals surface area contributed by atoms with Crippen LogP contribution in [-0.2, 0) is 0 Å². The fourth-order valence-electron chi connectivity index (χ4n) is 2.74. The maximum atomic E-state index is 6.31. The van der Waals surface area contributed by atoms with Crippen molar-refractivity contribution in [1.29, 1.82) is 0 Å². The topological polar surface area (TPSA) is 35.2 Å². The molecule has 0 bridgehead atoms. The van der Waals surface area contributed by atoms with Gasteiger partial charge in [0.2, 0.25) is 0 Å². The van der Waals surface area contributed by atoms with Crippen LogP contribution in [0.25, 0.3) is 0 Å². The van der Waals surface area contributed by atoms with Gasteiger partial charge >= 0.3 is 0 Å². The molecule has 0 radical (unpaired) electrons. The van der Waals surface area contributed by atoms with Crippen molar-refractivity contribution < 1.29 is 4.74 Å². The number of halogens is 1. The number of benzene rings is 1. The summed E-state index contributed by atoms with van der Waals surface area (Å²) in [4.78, 5) is 0. The van der Waals surface area contributed by atoms with Crippen molar-refractivity contribution in [3.63, 3.8) is 0 Å². The molecule has 3 rings (SSSR count). The molecule has 17 heavy (non-hydrogen) atoms. The molecule has 0 aromatic heterocycles. The van der Waals surface area contributed by atoms with Gasteiger partial charge in [0.1, 0.15) is 11.4 Å². The van der Waals surface area contributed by atoms with Crippen LogP contribution in [0.5, 0.6) is 5.75 Å². The van der Waals surface area contributed by atoms with Crippen molar-refractivity contribution in [1.82, 2.24) is 0 Å². The van der Waals surface area contributed by atoms with E-state index in [0.29, 0.717) is 0 Å². The zero-order valence-corrected chi connectivity index (χ0v) is 12.0. The van der Waals surface area contributed by atoms with E-state index in [0.717, 1.165) is 35.0 Å². The summed E-state index contributed by atoms with van der Waals surface area (Å²) < 4.78 is 7.35. The van der Waals surface area contributed by atoms with E-state index in [9.17, 15) is 0 Å². The molecule has 2 aliphatic rings. The molecule has 0 unspecified atom stereocenters. The van der Waals surface area contributed by atoms with Crippen LogP contribution in [0.15, 0.2) is 22.7 Å². The standard InChI is InChI=1S/C13H16BrNOS/c14-9-1-2-12-10(7-9)11(15)8-13(16-12)3-5-17-6-4-13/h1-2,7,11H,3-6,8,15H2/t11-/m0/s1. The first-order valence-electron chi connectivity index (χ1n) is 6.00. The minimum Gasteiger partial charge on any atom is -0.487 e. The van der Waals surface area contributed by atoms with Crippen molar-refractivity contribution in [2.24, 2.45) is 5.73 Å². The van der Waals surface area contributed by atoms with Crippen LogP contribution in [-0.4, -0.2) is 17.1 Å². The summed E-state index contributed by atoms with van der Waals surface area (Å²) in [5.74, 6) is 3.37. The Kier molecular flexibility index (Phi) is 3.13. The second-order valence-electron chi connectivity index (χ2n) is 4.89. The van der Waals surface area contributed by atoms with Crippen molar-refractivity contribution in [2.45, 2.75) is 30.9 Å². The molecule has 0 amide bonds. The Labute approximate surface area is 114 Å². The molecule has 0 saturated carbocycles. The second-order valence-corrected chi connectivity index (χ2v) is 7.03. The zero-order valence-electron chi connectivity index (χ0n) is 9.62. The summed E-state index contributed by atoms with van der Waals surface area (Å²) in [6.07, 6.45) is 3.21. The Morgan fingerprint density at radius 2 is 2.12 bits per heavy atom. The van der Waals surface area contributed by atoms with E-state index in [1.165, 1.54) is 11.5 Å². The summed E-state index contributed by atoms with van der Waals surface area (Å²) in [6.45, 7) is 0. The maximum absolute atomic E-state index is 6.31. The van der Waals surface area contributed by atoms with E-state index in [2.05, 4.69) is 22.0 Å². The van der Waals surface area contributed by atoms with Crippen LogP contribution >= 0.6 is 27.7 Å². The van der Waals surface area contributed by atoms with Gasteiger partial charge in [-0.25, -0.2) is 0 Å². The van der Waals surface area contributed by atoms with Gasteiger partial charge in [-0.05, 0) is 42.5 Å². The number of thioether (sulfide) groups is 1. The monoisotopic (exact) mass is 313 g/mol. The average molecular weight is 314 g/mol. The van der Waals surface area contributed by atoms with Gasteiger partial charge in [-0.15, -0.1) is 0 Å². The minimum atomic E-state index is 0.00545. The molecule has 2 aliphatic heterocycles. The third-order valence-corrected chi connectivity index (χ3v) is 5.17. The first-order chi connectivity index (χ1) is 8.19. The van der Waals surface area contributed by atoms with Gasteiger partial charge in [0.05, 0.1) is 0 Å². The molecular formula is C13H16BrNOS. The SMILES string of the molecule is N[C@H]1CC2(CCSCC2)Oc2ccc(Br)cc21. The highest BCUT2D eigenvalue weighted by Gasteiger charge is 2.40. The Hall–Kier alpha value is -0.190. The quantitative estimate of drug-likeness (QED) is 0.796. The smallest absolute Gasteiger partial charge is 0.124 e. The van der Waals surface area contributed by atoms with Gasteiger partial charge < -0.3 is 10.5 Å². The summed E-state index contributed by atoms with van der Waals surface area (Å²) in [6, 6.07) is 6.27. The molecule has 1 fully saturated rings. The lowest BCUT2D eigenvalue weighted by Crippen LogP contribution is -2.45. The van der Waals surface area contributed by atoms with Gasteiger partial charge in [-0.3, -0.25) is 0 Å². The van der Waals surface area contributed by atoms with Gasteiger partial charge in [-0.2, -0.15) is 11.8 Å².